The maximum atomic E-state index is 9.25. The third-order valence-electron chi connectivity index (χ3n) is 7.78. The maximum absolute atomic E-state index is 9.25. The van der Waals surface area contributed by atoms with Crippen molar-refractivity contribution in [3.05, 3.63) is 24.3 Å². The lowest BCUT2D eigenvalue weighted by atomic mass is 9.96. The molecule has 0 aliphatic rings. The van der Waals surface area contributed by atoms with E-state index < -0.39 is 5.97 Å². The zero-order chi connectivity index (χ0) is 28.7. The monoisotopic (exact) mass is 535 g/mol. The molecule has 0 aromatic carbocycles. The van der Waals surface area contributed by atoms with E-state index in [4.69, 9.17) is 5.11 Å². The molecular weight excluding hydrogens is 464 g/mol. The lowest BCUT2D eigenvalue weighted by molar-refractivity contribution is -0.131. The smallest absolute Gasteiger partial charge is 0.327 e. The Labute approximate surface area is 240 Å². The van der Waals surface area contributed by atoms with Gasteiger partial charge in [-0.05, 0) is 31.6 Å². The molecule has 0 bridgehead atoms. The van der Waals surface area contributed by atoms with Gasteiger partial charge in [0.1, 0.15) is 0 Å². The van der Waals surface area contributed by atoms with Crippen LogP contribution in [0.1, 0.15) is 189 Å². The van der Waals surface area contributed by atoms with Gasteiger partial charge in [0.2, 0.25) is 0 Å². The SMILES string of the molecule is C=CC(=O)O.CC=C(CCCCCCCCCCCCCCCCCCCCCCCCC(C)C)C(C)C. The number of carbonyl (C=O) groups is 1. The molecule has 226 valence electrons. The van der Waals surface area contributed by atoms with Gasteiger partial charge in [-0.3, -0.25) is 0 Å². The molecule has 0 aliphatic carbocycles. The van der Waals surface area contributed by atoms with E-state index in [1.165, 1.54) is 154 Å². The van der Waals surface area contributed by atoms with E-state index in [1.807, 2.05) is 0 Å². The fraction of sp³-hybridized carbons (Fsp3) is 0.861. The highest BCUT2D eigenvalue weighted by atomic mass is 16.4. The summed E-state index contributed by atoms with van der Waals surface area (Å²) >= 11 is 0. The number of unbranched alkanes of at least 4 members (excludes halogenated alkanes) is 21. The van der Waals surface area contributed by atoms with Crippen molar-refractivity contribution in [3.63, 3.8) is 0 Å². The molecule has 0 saturated carbocycles. The highest BCUT2D eigenvalue weighted by Gasteiger charge is 2.01. The Morgan fingerprint density at radius 2 is 0.842 bits per heavy atom. The van der Waals surface area contributed by atoms with Crippen LogP contribution in [0.25, 0.3) is 0 Å². The molecule has 0 saturated heterocycles. The second kappa shape index (κ2) is 32.2. The normalized spacial score (nSPS) is 11.6. The van der Waals surface area contributed by atoms with Crippen molar-refractivity contribution in [1.29, 1.82) is 0 Å². The molecule has 1 N–H and O–H groups in total. The predicted molar refractivity (Wildman–Crippen MR) is 172 cm³/mol. The first-order valence-electron chi connectivity index (χ1n) is 16.9. The maximum Gasteiger partial charge on any atom is 0.327 e. The molecule has 0 aromatic rings. The summed E-state index contributed by atoms with van der Waals surface area (Å²) in [6.07, 6.45) is 38.3. The van der Waals surface area contributed by atoms with E-state index in [1.54, 1.807) is 5.57 Å². The first-order valence-corrected chi connectivity index (χ1v) is 16.9. The Morgan fingerprint density at radius 3 is 1.05 bits per heavy atom. The van der Waals surface area contributed by atoms with Crippen LogP contribution >= 0.6 is 0 Å². The lowest BCUT2D eigenvalue weighted by Gasteiger charge is -2.10. The summed E-state index contributed by atoms with van der Waals surface area (Å²) < 4.78 is 0. The van der Waals surface area contributed by atoms with E-state index in [9.17, 15) is 4.79 Å². The van der Waals surface area contributed by atoms with Crippen LogP contribution in [0.2, 0.25) is 0 Å². The quantitative estimate of drug-likeness (QED) is 0.0646. The Balaban J connectivity index is 0. The number of rotatable bonds is 27. The van der Waals surface area contributed by atoms with E-state index in [0.29, 0.717) is 0 Å². The largest absolute Gasteiger partial charge is 0.478 e. The molecule has 0 fully saturated rings. The summed E-state index contributed by atoms with van der Waals surface area (Å²) in [6.45, 7) is 14.5. The number of carboxylic acids is 1. The summed E-state index contributed by atoms with van der Waals surface area (Å²) in [7, 11) is 0. The Kier molecular flexibility index (Phi) is 33.1. The summed E-state index contributed by atoms with van der Waals surface area (Å²) in [5.41, 5.74) is 1.66. The van der Waals surface area contributed by atoms with Gasteiger partial charge in [-0.15, -0.1) is 0 Å². The Morgan fingerprint density at radius 1 is 0.579 bits per heavy atom. The molecular formula is C36H70O2. The zero-order valence-electron chi connectivity index (χ0n) is 26.8. The number of hydrogen-bond acceptors (Lipinski definition) is 1. The van der Waals surface area contributed by atoms with Crippen molar-refractivity contribution >= 4 is 5.97 Å². The average molecular weight is 535 g/mol. The Bertz CT molecular complexity index is 517. The number of hydrogen-bond donors (Lipinski definition) is 1. The van der Waals surface area contributed by atoms with E-state index in [-0.39, 0.29) is 0 Å². The lowest BCUT2D eigenvalue weighted by Crippen LogP contribution is -1.93. The van der Waals surface area contributed by atoms with Crippen LogP contribution in [-0.2, 0) is 4.79 Å². The molecule has 0 heterocycles. The first kappa shape index (κ1) is 39.1. The molecule has 0 amide bonds. The van der Waals surface area contributed by atoms with Gasteiger partial charge in [-0.2, -0.15) is 0 Å². The molecule has 2 heteroatoms. The number of aliphatic carboxylic acids is 1. The molecule has 2 nitrogen and oxygen atoms in total. The van der Waals surface area contributed by atoms with Crippen LogP contribution in [0.4, 0.5) is 0 Å². The summed E-state index contributed by atoms with van der Waals surface area (Å²) in [5.74, 6) is 0.653. The highest BCUT2D eigenvalue weighted by Crippen LogP contribution is 2.19. The summed E-state index contributed by atoms with van der Waals surface area (Å²) in [5, 5.41) is 7.60. The van der Waals surface area contributed by atoms with Crippen molar-refractivity contribution < 1.29 is 9.90 Å². The van der Waals surface area contributed by atoms with Crippen molar-refractivity contribution in [2.75, 3.05) is 0 Å². The molecule has 0 aliphatic heterocycles. The topological polar surface area (TPSA) is 37.3 Å². The fourth-order valence-electron chi connectivity index (χ4n) is 5.18. The van der Waals surface area contributed by atoms with Gasteiger partial charge >= 0.3 is 5.97 Å². The van der Waals surface area contributed by atoms with Crippen molar-refractivity contribution in [3.8, 4) is 0 Å². The molecule has 0 spiro atoms. The molecule has 0 rings (SSSR count). The zero-order valence-corrected chi connectivity index (χ0v) is 26.8. The predicted octanol–water partition coefficient (Wildman–Crippen LogP) is 12.9. The van der Waals surface area contributed by atoms with Crippen LogP contribution in [0.15, 0.2) is 24.3 Å². The number of allylic oxidation sites excluding steroid dienone is 2. The first-order chi connectivity index (χ1) is 18.3. The van der Waals surface area contributed by atoms with Gasteiger partial charge in [-0.25, -0.2) is 4.79 Å². The second-order valence-corrected chi connectivity index (χ2v) is 12.3. The molecule has 38 heavy (non-hydrogen) atoms. The van der Waals surface area contributed by atoms with Gasteiger partial charge in [0.25, 0.3) is 0 Å². The van der Waals surface area contributed by atoms with Gasteiger partial charge in [0, 0.05) is 6.08 Å². The van der Waals surface area contributed by atoms with E-state index in [2.05, 4.69) is 47.3 Å². The van der Waals surface area contributed by atoms with Crippen LogP contribution in [-0.4, -0.2) is 11.1 Å². The van der Waals surface area contributed by atoms with Crippen molar-refractivity contribution in [2.24, 2.45) is 11.8 Å². The standard InChI is InChI=1S/C33H66.C3H4O2/c1-6-33(32(4)5)30-28-26-24-22-20-18-16-14-12-10-8-7-9-11-13-15-17-19-21-23-25-27-29-31(2)3;1-2-3(4)5/h6,31-32H,7-30H2,1-5H3;2H,1H2,(H,4,5). The van der Waals surface area contributed by atoms with Crippen LogP contribution < -0.4 is 0 Å². The van der Waals surface area contributed by atoms with Crippen LogP contribution in [0.3, 0.4) is 0 Å². The average Bonchev–Trinajstić information content (AvgIpc) is 2.88. The summed E-state index contributed by atoms with van der Waals surface area (Å²) in [6, 6.07) is 0. The van der Waals surface area contributed by atoms with Crippen LogP contribution in [0.5, 0.6) is 0 Å². The number of carboxylic acid groups (broad SMARTS) is 1. The van der Waals surface area contributed by atoms with Crippen LogP contribution in [0, 0.1) is 11.8 Å². The van der Waals surface area contributed by atoms with Gasteiger partial charge in [0.05, 0.1) is 0 Å². The highest BCUT2D eigenvalue weighted by molar-refractivity contribution is 5.78. The third kappa shape index (κ3) is 35.0. The second-order valence-electron chi connectivity index (χ2n) is 12.3. The fourth-order valence-corrected chi connectivity index (χ4v) is 5.18. The summed E-state index contributed by atoms with van der Waals surface area (Å²) in [4.78, 5) is 9.25. The minimum atomic E-state index is -0.981. The minimum absolute atomic E-state index is 0.740. The Hall–Kier alpha value is -1.05. The molecule has 0 radical (unpaired) electrons. The minimum Gasteiger partial charge on any atom is -0.478 e. The van der Waals surface area contributed by atoms with Gasteiger partial charge in [0.15, 0.2) is 0 Å². The van der Waals surface area contributed by atoms with Crippen molar-refractivity contribution in [2.45, 2.75) is 189 Å². The molecule has 0 atom stereocenters. The van der Waals surface area contributed by atoms with Gasteiger partial charge < -0.3 is 5.11 Å². The van der Waals surface area contributed by atoms with E-state index in [0.717, 1.165) is 17.9 Å². The van der Waals surface area contributed by atoms with E-state index >= 15 is 0 Å². The molecule has 0 unspecified atom stereocenters. The van der Waals surface area contributed by atoms with Gasteiger partial charge in [-0.1, -0.05) is 187 Å². The third-order valence-corrected chi connectivity index (χ3v) is 7.78. The van der Waals surface area contributed by atoms with Crippen molar-refractivity contribution in [1.82, 2.24) is 0 Å². The molecule has 0 aromatic heterocycles.